The van der Waals surface area contributed by atoms with E-state index in [1.807, 2.05) is 11.8 Å². The number of hydrogen-bond acceptors (Lipinski definition) is 7. The number of methoxy groups -OCH3 is 1. The second-order valence-electron chi connectivity index (χ2n) is 7.82. The molecular weight excluding hydrogens is 422 g/mol. The zero-order valence-electron chi connectivity index (χ0n) is 18.2. The number of benzene rings is 1. The van der Waals surface area contributed by atoms with Gasteiger partial charge in [-0.25, -0.2) is 8.42 Å². The van der Waals surface area contributed by atoms with E-state index in [4.69, 9.17) is 9.47 Å². The van der Waals surface area contributed by atoms with E-state index >= 15 is 0 Å². The van der Waals surface area contributed by atoms with Crippen LogP contribution in [0.15, 0.2) is 29.2 Å². The average molecular weight is 454 g/mol. The van der Waals surface area contributed by atoms with Gasteiger partial charge in [-0.3, -0.25) is 14.5 Å². The molecule has 1 aromatic rings. The Morgan fingerprint density at radius 1 is 1.19 bits per heavy atom. The largest absolute Gasteiger partial charge is 0.497 e. The molecule has 0 spiro atoms. The third-order valence-corrected chi connectivity index (χ3v) is 7.85. The highest BCUT2D eigenvalue weighted by Gasteiger charge is 2.52. The Morgan fingerprint density at radius 2 is 1.90 bits per heavy atom. The summed E-state index contributed by atoms with van der Waals surface area (Å²) in [6.45, 7) is 5.57. The number of carbonyl (C=O) groups is 2. The summed E-state index contributed by atoms with van der Waals surface area (Å²) in [5.74, 6) is -0.0337. The number of ether oxygens (including phenoxy) is 2. The molecule has 2 unspecified atom stereocenters. The molecule has 1 N–H and O–H groups in total. The second kappa shape index (κ2) is 9.97. The van der Waals surface area contributed by atoms with Crippen LogP contribution < -0.4 is 10.1 Å². The number of piperidine rings is 1. The number of fused-ring (bicyclic) bond motifs is 1. The van der Waals surface area contributed by atoms with Gasteiger partial charge in [0.25, 0.3) is 0 Å². The number of nitrogens with one attached hydrogen (secondary N) is 1. The number of esters is 1. The normalized spacial score (nSPS) is 24.4. The molecule has 1 aromatic carbocycles. The Morgan fingerprint density at radius 3 is 2.52 bits per heavy atom. The zero-order valence-corrected chi connectivity index (χ0v) is 19.1. The Kier molecular flexibility index (Phi) is 7.55. The number of rotatable bonds is 8. The van der Waals surface area contributed by atoms with Crippen LogP contribution in [0, 0.1) is 5.92 Å². The summed E-state index contributed by atoms with van der Waals surface area (Å²) >= 11 is 0. The minimum Gasteiger partial charge on any atom is -0.497 e. The highest BCUT2D eigenvalue weighted by atomic mass is 32.2. The molecule has 2 aliphatic heterocycles. The molecule has 3 rings (SSSR count). The van der Waals surface area contributed by atoms with Gasteiger partial charge in [0.15, 0.2) is 0 Å². The Hall–Kier alpha value is -2.17. The first-order valence-corrected chi connectivity index (χ1v) is 12.1. The number of sulfonamides is 1. The van der Waals surface area contributed by atoms with E-state index in [0.29, 0.717) is 38.2 Å². The van der Waals surface area contributed by atoms with Crippen LogP contribution in [0.25, 0.3) is 0 Å². The lowest BCUT2D eigenvalue weighted by Crippen LogP contribution is -2.54. The topological polar surface area (TPSA) is 105 Å². The van der Waals surface area contributed by atoms with Crippen LogP contribution >= 0.6 is 0 Å². The maximum absolute atomic E-state index is 13.6. The van der Waals surface area contributed by atoms with Gasteiger partial charge in [0.05, 0.1) is 25.2 Å². The highest BCUT2D eigenvalue weighted by molar-refractivity contribution is 7.89. The summed E-state index contributed by atoms with van der Waals surface area (Å²) in [5.41, 5.74) is 0. The van der Waals surface area contributed by atoms with Gasteiger partial charge in [-0.15, -0.1) is 0 Å². The van der Waals surface area contributed by atoms with Crippen molar-refractivity contribution in [2.24, 2.45) is 5.92 Å². The minimum atomic E-state index is -3.96. The Balaban J connectivity index is 1.91. The number of amides is 1. The predicted octanol–water partition coefficient (Wildman–Crippen LogP) is 0.848. The van der Waals surface area contributed by atoms with E-state index in [1.54, 1.807) is 19.1 Å². The van der Waals surface area contributed by atoms with Gasteiger partial charge in [0, 0.05) is 19.1 Å². The van der Waals surface area contributed by atoms with E-state index in [1.165, 1.54) is 23.5 Å². The van der Waals surface area contributed by atoms with Crippen LogP contribution in [0.1, 0.15) is 26.7 Å². The third kappa shape index (κ3) is 5.02. The minimum absolute atomic E-state index is 0.0351. The average Bonchev–Trinajstić information content (AvgIpc) is 3.14. The monoisotopic (exact) mass is 453 g/mol. The van der Waals surface area contributed by atoms with Gasteiger partial charge >= 0.3 is 5.97 Å². The van der Waals surface area contributed by atoms with E-state index in [9.17, 15) is 18.0 Å². The summed E-state index contributed by atoms with van der Waals surface area (Å²) in [6.07, 6.45) is 1.14. The molecule has 172 valence electrons. The van der Waals surface area contributed by atoms with Crippen LogP contribution in [-0.2, 0) is 24.3 Å². The molecule has 10 heteroatoms. The van der Waals surface area contributed by atoms with Gasteiger partial charge in [-0.1, -0.05) is 0 Å². The molecule has 2 fully saturated rings. The van der Waals surface area contributed by atoms with Gasteiger partial charge in [-0.2, -0.15) is 4.31 Å². The van der Waals surface area contributed by atoms with Crippen LogP contribution in [0.3, 0.4) is 0 Å². The molecule has 0 radical (unpaired) electrons. The fourth-order valence-corrected chi connectivity index (χ4v) is 6.31. The summed E-state index contributed by atoms with van der Waals surface area (Å²) in [7, 11) is -2.45. The van der Waals surface area contributed by atoms with E-state index in [2.05, 4.69) is 5.32 Å². The lowest BCUT2D eigenvalue weighted by molar-refractivity contribution is -0.147. The molecule has 2 saturated heterocycles. The molecule has 2 heterocycles. The molecule has 9 nitrogen and oxygen atoms in total. The van der Waals surface area contributed by atoms with Crippen molar-refractivity contribution in [3.63, 3.8) is 0 Å². The number of likely N-dealkylation sites (tertiary alicyclic amines) is 1. The van der Waals surface area contributed by atoms with Gasteiger partial charge < -0.3 is 14.8 Å². The van der Waals surface area contributed by atoms with Crippen molar-refractivity contribution in [2.45, 2.75) is 43.7 Å². The molecule has 3 atom stereocenters. The zero-order chi connectivity index (χ0) is 22.6. The molecule has 0 saturated carbocycles. The molecular formula is C21H31N3O6S. The SMILES string of the molecule is CCNC(=O)CN1CCC2C[C@@H](C(=O)OCC)N(S(=O)(=O)c3ccc(OC)cc3)C2C1. The first-order valence-electron chi connectivity index (χ1n) is 10.6. The Labute approximate surface area is 183 Å². The lowest BCUT2D eigenvalue weighted by Gasteiger charge is -2.38. The van der Waals surface area contributed by atoms with Crippen molar-refractivity contribution in [1.29, 1.82) is 0 Å². The van der Waals surface area contributed by atoms with E-state index < -0.39 is 28.1 Å². The quantitative estimate of drug-likeness (QED) is 0.582. The van der Waals surface area contributed by atoms with Crippen LogP contribution in [0.4, 0.5) is 0 Å². The summed E-state index contributed by atoms with van der Waals surface area (Å²) < 4.78 is 38.9. The number of likely N-dealkylation sites (N-methyl/N-ethyl adjacent to an activating group) is 1. The van der Waals surface area contributed by atoms with Crippen molar-refractivity contribution in [2.75, 3.05) is 39.9 Å². The van der Waals surface area contributed by atoms with Crippen molar-refractivity contribution in [3.8, 4) is 5.75 Å². The lowest BCUT2D eigenvalue weighted by atomic mass is 9.91. The molecule has 1 amide bonds. The van der Waals surface area contributed by atoms with Crippen LogP contribution in [0.5, 0.6) is 5.75 Å². The maximum Gasteiger partial charge on any atom is 0.324 e. The first kappa shape index (κ1) is 23.5. The fourth-order valence-electron chi connectivity index (χ4n) is 4.48. The van der Waals surface area contributed by atoms with Crippen molar-refractivity contribution in [1.82, 2.24) is 14.5 Å². The summed E-state index contributed by atoms with van der Waals surface area (Å²) in [4.78, 5) is 26.8. The molecule has 0 bridgehead atoms. The number of carbonyl (C=O) groups excluding carboxylic acids is 2. The van der Waals surface area contributed by atoms with E-state index in [-0.39, 0.29) is 29.9 Å². The van der Waals surface area contributed by atoms with Crippen molar-refractivity contribution < 1.29 is 27.5 Å². The summed E-state index contributed by atoms with van der Waals surface area (Å²) in [6, 6.07) is 4.87. The molecule has 0 aliphatic carbocycles. The molecule has 0 aromatic heterocycles. The van der Waals surface area contributed by atoms with Gasteiger partial charge in [0.1, 0.15) is 11.8 Å². The van der Waals surface area contributed by atoms with Gasteiger partial charge in [-0.05, 0) is 63.4 Å². The summed E-state index contributed by atoms with van der Waals surface area (Å²) in [5, 5.41) is 2.78. The molecule has 31 heavy (non-hydrogen) atoms. The van der Waals surface area contributed by atoms with E-state index in [0.717, 1.165) is 0 Å². The number of hydrogen-bond donors (Lipinski definition) is 1. The maximum atomic E-state index is 13.6. The highest BCUT2D eigenvalue weighted by Crippen LogP contribution is 2.40. The first-order chi connectivity index (χ1) is 14.8. The van der Waals surface area contributed by atoms with Crippen LogP contribution in [-0.4, -0.2) is 81.5 Å². The molecule has 2 aliphatic rings. The Bertz CT molecular complexity index is 889. The third-order valence-electron chi connectivity index (χ3n) is 5.90. The van der Waals surface area contributed by atoms with Crippen molar-refractivity contribution >= 4 is 21.9 Å². The fraction of sp³-hybridized carbons (Fsp3) is 0.619. The predicted molar refractivity (Wildman–Crippen MR) is 114 cm³/mol. The number of nitrogens with zero attached hydrogens (tertiary/aromatic N) is 2. The standard InChI is InChI=1S/C21H31N3O6S/c1-4-22-20(25)14-23-11-10-15-12-18(21(26)30-5-2)24(19(15)13-23)31(27,28)17-8-6-16(29-3)7-9-17/h6-9,15,18-19H,4-5,10-14H2,1-3H3,(H,22,25)/t15?,18-,19?/m0/s1. The van der Waals surface area contributed by atoms with Crippen molar-refractivity contribution in [3.05, 3.63) is 24.3 Å². The second-order valence-corrected chi connectivity index (χ2v) is 9.66. The van der Waals surface area contributed by atoms with Gasteiger partial charge in [0.2, 0.25) is 15.9 Å². The smallest absolute Gasteiger partial charge is 0.324 e. The van der Waals surface area contributed by atoms with Crippen LogP contribution in [0.2, 0.25) is 0 Å².